The minimum Gasteiger partial charge on any atom is -0.325 e. The molecular weight excluding hydrogens is 184 g/mol. The van der Waals surface area contributed by atoms with Crippen LogP contribution in [0.2, 0.25) is 0 Å². The topological polar surface area (TPSA) is 56.7 Å². The van der Waals surface area contributed by atoms with E-state index in [1.54, 1.807) is 0 Å². The molecule has 1 aliphatic rings. The molecule has 1 aliphatic carbocycles. The average molecular weight is 198 g/mol. The van der Waals surface area contributed by atoms with Gasteiger partial charge in [-0.15, -0.1) is 5.10 Å². The van der Waals surface area contributed by atoms with Gasteiger partial charge >= 0.3 is 0 Å². The molecule has 0 radical (unpaired) electrons. The summed E-state index contributed by atoms with van der Waals surface area (Å²) in [6.07, 6.45) is 4.30. The van der Waals surface area contributed by atoms with Crippen LogP contribution in [0.5, 0.6) is 0 Å². The average Bonchev–Trinajstić information content (AvgIpc) is 2.51. The fourth-order valence-corrected chi connectivity index (χ4v) is 1.95. The number of aromatic nitrogens is 3. The Labute approximate surface area is 82.9 Å². The van der Waals surface area contributed by atoms with Crippen LogP contribution in [0, 0.1) is 5.92 Å². The molecule has 1 saturated carbocycles. The number of rotatable bonds is 3. The first-order valence-corrected chi connectivity index (χ1v) is 5.18. The molecule has 0 bridgehead atoms. The summed E-state index contributed by atoms with van der Waals surface area (Å²) in [6.45, 7) is 0.475. The van der Waals surface area contributed by atoms with E-state index in [1.165, 1.54) is 12.8 Å². The van der Waals surface area contributed by atoms with Gasteiger partial charge in [-0.2, -0.15) is 12.6 Å². The van der Waals surface area contributed by atoms with E-state index in [-0.39, 0.29) is 0 Å². The Morgan fingerprint density at radius 2 is 2.38 bits per heavy atom. The molecule has 0 unspecified atom stereocenters. The summed E-state index contributed by atoms with van der Waals surface area (Å²) in [6, 6.07) is 0.532. The second kappa shape index (κ2) is 3.67. The van der Waals surface area contributed by atoms with E-state index in [1.807, 2.05) is 10.9 Å². The van der Waals surface area contributed by atoms with E-state index in [0.717, 1.165) is 17.4 Å². The van der Waals surface area contributed by atoms with Crippen molar-refractivity contribution in [3.63, 3.8) is 0 Å². The first-order chi connectivity index (χ1) is 6.33. The third kappa shape index (κ3) is 1.71. The summed E-state index contributed by atoms with van der Waals surface area (Å²) in [7, 11) is 0. The third-order valence-corrected chi connectivity index (χ3v) is 3.13. The Balaban J connectivity index is 1.95. The molecule has 1 aromatic rings. The lowest BCUT2D eigenvalue weighted by atomic mass is 9.82. The van der Waals surface area contributed by atoms with E-state index in [0.29, 0.717) is 12.6 Å². The second-order valence-corrected chi connectivity index (χ2v) is 3.93. The van der Waals surface area contributed by atoms with E-state index in [2.05, 4.69) is 22.9 Å². The van der Waals surface area contributed by atoms with E-state index in [9.17, 15) is 0 Å². The van der Waals surface area contributed by atoms with Gasteiger partial charge in [0.1, 0.15) is 0 Å². The lowest BCUT2D eigenvalue weighted by Crippen LogP contribution is -2.28. The Kier molecular flexibility index (Phi) is 2.55. The maximum absolute atomic E-state index is 5.45. The zero-order chi connectivity index (χ0) is 9.26. The molecule has 1 heterocycles. The van der Waals surface area contributed by atoms with Crippen molar-refractivity contribution in [3.05, 3.63) is 11.9 Å². The van der Waals surface area contributed by atoms with Gasteiger partial charge in [0, 0.05) is 6.54 Å². The van der Waals surface area contributed by atoms with Gasteiger partial charge in [-0.3, -0.25) is 0 Å². The number of nitrogens with two attached hydrogens (primary N) is 1. The lowest BCUT2D eigenvalue weighted by molar-refractivity contribution is 0.202. The first kappa shape index (κ1) is 9.02. The van der Waals surface area contributed by atoms with Gasteiger partial charge < -0.3 is 5.73 Å². The Bertz CT molecular complexity index is 279. The summed E-state index contributed by atoms with van der Waals surface area (Å²) < 4.78 is 1.93. The van der Waals surface area contributed by atoms with Crippen molar-refractivity contribution in [3.8, 4) is 0 Å². The highest BCUT2D eigenvalue weighted by atomic mass is 32.1. The molecule has 0 atom stereocenters. The maximum atomic E-state index is 5.45. The standard InChI is InChI=1S/C8H14N4S/c9-3-7-4-12(11-10-7)8-1-6(2-8)5-13/h4,6,8,13H,1-3,5,9H2. The van der Waals surface area contributed by atoms with E-state index in [4.69, 9.17) is 5.73 Å². The van der Waals surface area contributed by atoms with Crippen LogP contribution >= 0.6 is 12.6 Å². The van der Waals surface area contributed by atoms with Gasteiger partial charge in [-0.25, -0.2) is 4.68 Å². The minimum absolute atomic E-state index is 0.475. The zero-order valence-electron chi connectivity index (χ0n) is 7.43. The van der Waals surface area contributed by atoms with Crippen molar-refractivity contribution in [1.82, 2.24) is 15.0 Å². The molecule has 5 heteroatoms. The largest absolute Gasteiger partial charge is 0.325 e. The molecular formula is C8H14N4S. The molecule has 1 aromatic heterocycles. The molecule has 2 N–H and O–H groups in total. The van der Waals surface area contributed by atoms with Crippen molar-refractivity contribution in [2.24, 2.45) is 11.7 Å². The quantitative estimate of drug-likeness (QED) is 0.700. The van der Waals surface area contributed by atoms with Crippen LogP contribution in [0.1, 0.15) is 24.6 Å². The molecule has 72 valence electrons. The van der Waals surface area contributed by atoms with Crippen LogP contribution in [0.4, 0.5) is 0 Å². The molecule has 1 fully saturated rings. The van der Waals surface area contributed by atoms with Crippen molar-refractivity contribution >= 4 is 12.6 Å². The fraction of sp³-hybridized carbons (Fsp3) is 0.750. The van der Waals surface area contributed by atoms with Crippen LogP contribution < -0.4 is 5.73 Å². The molecule has 0 aliphatic heterocycles. The van der Waals surface area contributed by atoms with Gasteiger partial charge in [0.15, 0.2) is 0 Å². The molecule has 0 saturated heterocycles. The minimum atomic E-state index is 0.475. The summed E-state index contributed by atoms with van der Waals surface area (Å²) in [5.41, 5.74) is 6.32. The number of hydrogen-bond acceptors (Lipinski definition) is 4. The summed E-state index contributed by atoms with van der Waals surface area (Å²) >= 11 is 4.26. The van der Waals surface area contributed by atoms with Crippen molar-refractivity contribution in [2.75, 3.05) is 5.75 Å². The lowest BCUT2D eigenvalue weighted by Gasteiger charge is -2.33. The van der Waals surface area contributed by atoms with Gasteiger partial charge in [0.25, 0.3) is 0 Å². The van der Waals surface area contributed by atoms with Gasteiger partial charge in [0.2, 0.25) is 0 Å². The molecule has 4 nitrogen and oxygen atoms in total. The summed E-state index contributed by atoms with van der Waals surface area (Å²) in [5.74, 6) is 1.74. The van der Waals surface area contributed by atoms with Crippen LogP contribution in [-0.4, -0.2) is 20.7 Å². The van der Waals surface area contributed by atoms with Gasteiger partial charge in [-0.1, -0.05) is 5.21 Å². The summed E-state index contributed by atoms with van der Waals surface area (Å²) in [4.78, 5) is 0. The SMILES string of the molecule is NCc1cn(C2CC(CS)C2)nn1. The molecule has 0 spiro atoms. The normalized spacial score (nSPS) is 27.2. The molecule has 2 rings (SSSR count). The zero-order valence-corrected chi connectivity index (χ0v) is 8.32. The molecule has 13 heavy (non-hydrogen) atoms. The Morgan fingerprint density at radius 1 is 1.62 bits per heavy atom. The smallest absolute Gasteiger partial charge is 0.0962 e. The number of nitrogens with zero attached hydrogens (tertiary/aromatic N) is 3. The number of thiol groups is 1. The predicted molar refractivity (Wildman–Crippen MR) is 53.5 cm³/mol. The molecule has 0 amide bonds. The number of hydrogen-bond donors (Lipinski definition) is 2. The van der Waals surface area contributed by atoms with Crippen LogP contribution in [0.3, 0.4) is 0 Å². The van der Waals surface area contributed by atoms with Crippen molar-refractivity contribution < 1.29 is 0 Å². The van der Waals surface area contributed by atoms with Crippen LogP contribution in [0.25, 0.3) is 0 Å². The highest BCUT2D eigenvalue weighted by Gasteiger charge is 2.29. The summed E-state index contributed by atoms with van der Waals surface area (Å²) in [5, 5.41) is 8.00. The second-order valence-electron chi connectivity index (χ2n) is 3.57. The molecule has 0 aromatic carbocycles. The Morgan fingerprint density at radius 3 is 2.92 bits per heavy atom. The highest BCUT2D eigenvalue weighted by Crippen LogP contribution is 2.37. The predicted octanol–water partition coefficient (Wildman–Crippen LogP) is 0.618. The van der Waals surface area contributed by atoms with E-state index >= 15 is 0 Å². The monoisotopic (exact) mass is 198 g/mol. The first-order valence-electron chi connectivity index (χ1n) is 4.55. The van der Waals surface area contributed by atoms with Gasteiger partial charge in [-0.05, 0) is 24.5 Å². The fourth-order valence-electron chi connectivity index (χ4n) is 1.65. The van der Waals surface area contributed by atoms with Gasteiger partial charge in [0.05, 0.1) is 17.9 Å². The van der Waals surface area contributed by atoms with Crippen molar-refractivity contribution in [1.29, 1.82) is 0 Å². The maximum Gasteiger partial charge on any atom is 0.0962 e. The highest BCUT2D eigenvalue weighted by molar-refractivity contribution is 7.80. The third-order valence-electron chi connectivity index (χ3n) is 2.61. The Hall–Kier alpha value is -0.550. The van der Waals surface area contributed by atoms with Crippen LogP contribution in [0.15, 0.2) is 6.20 Å². The van der Waals surface area contributed by atoms with Crippen molar-refractivity contribution in [2.45, 2.75) is 25.4 Å². The van der Waals surface area contributed by atoms with Crippen LogP contribution in [-0.2, 0) is 6.54 Å². The van der Waals surface area contributed by atoms with E-state index < -0.39 is 0 Å².